The summed E-state index contributed by atoms with van der Waals surface area (Å²) in [4.78, 5) is 16.1. The number of halogens is 3. The lowest BCUT2D eigenvalue weighted by molar-refractivity contribution is -0.136. The minimum absolute atomic E-state index is 0.0351. The second-order valence-corrected chi connectivity index (χ2v) is 5.13. The van der Waals surface area contributed by atoms with Crippen molar-refractivity contribution in [1.29, 1.82) is 0 Å². The quantitative estimate of drug-likeness (QED) is 0.450. The zero-order valence-electron chi connectivity index (χ0n) is 11.5. The summed E-state index contributed by atoms with van der Waals surface area (Å²) < 4.78 is 45.5. The first-order valence-corrected chi connectivity index (χ1v) is 6.77. The molecular weight excluding hydrogens is 307 g/mol. The SMILES string of the molecule is O=c1nc2ccccc2c2c3c(C(F)(F)F)cccc3occ1-2. The van der Waals surface area contributed by atoms with E-state index in [4.69, 9.17) is 4.42 Å². The van der Waals surface area contributed by atoms with Gasteiger partial charge in [-0.1, -0.05) is 24.3 Å². The molecule has 0 bridgehead atoms. The molecule has 0 radical (unpaired) electrons. The van der Waals surface area contributed by atoms with Crippen molar-refractivity contribution in [3.8, 4) is 11.1 Å². The van der Waals surface area contributed by atoms with E-state index in [1.807, 2.05) is 0 Å². The zero-order valence-corrected chi connectivity index (χ0v) is 11.5. The minimum Gasteiger partial charge on any atom is -0.463 e. The molecule has 114 valence electrons. The number of hydrogen-bond donors (Lipinski definition) is 0. The van der Waals surface area contributed by atoms with Crippen molar-refractivity contribution in [1.82, 2.24) is 4.98 Å². The standard InChI is InChI=1S/C17H8F3NO2/c18-17(19,20)11-5-3-7-13-15(11)14-9-4-1-2-6-12(9)21-16(22)10(14)8-23-13/h1-8H. The first kappa shape index (κ1) is 13.8. The van der Waals surface area contributed by atoms with Crippen LogP contribution in [-0.4, -0.2) is 4.98 Å². The van der Waals surface area contributed by atoms with Gasteiger partial charge in [0.25, 0.3) is 5.56 Å². The van der Waals surface area contributed by atoms with Crippen molar-refractivity contribution >= 4 is 21.9 Å². The lowest BCUT2D eigenvalue weighted by Crippen LogP contribution is -2.13. The van der Waals surface area contributed by atoms with Crippen molar-refractivity contribution < 1.29 is 17.6 Å². The number of aromatic nitrogens is 1. The maximum atomic E-state index is 13.4. The third-order valence-electron chi connectivity index (χ3n) is 3.78. The molecule has 0 atom stereocenters. The van der Waals surface area contributed by atoms with E-state index in [1.54, 1.807) is 24.3 Å². The van der Waals surface area contributed by atoms with Gasteiger partial charge < -0.3 is 4.42 Å². The Bertz CT molecular complexity index is 1080. The summed E-state index contributed by atoms with van der Waals surface area (Å²) in [5.74, 6) is 0. The lowest BCUT2D eigenvalue weighted by atomic mass is 9.95. The third-order valence-corrected chi connectivity index (χ3v) is 3.78. The molecule has 0 spiro atoms. The number of pyridine rings is 1. The lowest BCUT2D eigenvalue weighted by Gasteiger charge is -2.15. The summed E-state index contributed by atoms with van der Waals surface area (Å²) in [6.07, 6.45) is -3.39. The van der Waals surface area contributed by atoms with Crippen LogP contribution in [0.15, 0.2) is 57.9 Å². The average molecular weight is 315 g/mol. The zero-order chi connectivity index (χ0) is 16.2. The molecule has 2 aromatic carbocycles. The Morgan fingerprint density at radius 2 is 1.78 bits per heavy atom. The normalized spacial score (nSPS) is 12.3. The Morgan fingerprint density at radius 3 is 2.57 bits per heavy atom. The first-order valence-electron chi connectivity index (χ1n) is 6.77. The maximum absolute atomic E-state index is 13.4. The predicted octanol–water partition coefficient (Wildman–Crippen LogP) is 4.46. The van der Waals surface area contributed by atoms with Crippen LogP contribution in [0, 0.1) is 0 Å². The van der Waals surface area contributed by atoms with Gasteiger partial charge in [0.15, 0.2) is 0 Å². The summed E-state index contributed by atoms with van der Waals surface area (Å²) in [5, 5.41) is 0.368. The highest BCUT2D eigenvalue weighted by Gasteiger charge is 2.35. The molecule has 2 heterocycles. The third kappa shape index (κ3) is 1.98. The largest absolute Gasteiger partial charge is 0.463 e. The maximum Gasteiger partial charge on any atom is 0.417 e. The Kier molecular flexibility index (Phi) is 2.72. The molecule has 2 aliphatic rings. The molecule has 0 saturated carbocycles. The molecule has 6 heteroatoms. The van der Waals surface area contributed by atoms with E-state index in [0.717, 1.165) is 6.07 Å². The number of para-hydroxylation sites is 1. The van der Waals surface area contributed by atoms with Crippen LogP contribution in [0.2, 0.25) is 0 Å². The fourth-order valence-corrected chi connectivity index (χ4v) is 2.83. The van der Waals surface area contributed by atoms with E-state index in [-0.39, 0.29) is 22.1 Å². The molecule has 0 unspecified atom stereocenters. The van der Waals surface area contributed by atoms with Crippen LogP contribution in [0.3, 0.4) is 0 Å². The number of rotatable bonds is 0. The van der Waals surface area contributed by atoms with Gasteiger partial charge in [0, 0.05) is 16.3 Å². The second-order valence-electron chi connectivity index (χ2n) is 5.13. The molecule has 0 amide bonds. The Balaban J connectivity index is 2.36. The van der Waals surface area contributed by atoms with Crippen molar-refractivity contribution in [3.63, 3.8) is 0 Å². The molecule has 3 nitrogen and oxygen atoms in total. The van der Waals surface area contributed by atoms with Gasteiger partial charge in [0.05, 0.1) is 16.6 Å². The van der Waals surface area contributed by atoms with Crippen molar-refractivity contribution in [3.05, 3.63) is 64.6 Å². The first-order chi connectivity index (χ1) is 11.0. The summed E-state index contributed by atoms with van der Waals surface area (Å²) in [5.41, 5.74) is -0.762. The van der Waals surface area contributed by atoms with E-state index in [0.29, 0.717) is 10.9 Å². The number of nitrogens with zero attached hydrogens (tertiary/aromatic N) is 1. The average Bonchev–Trinajstić information content (AvgIpc) is 2.53. The van der Waals surface area contributed by atoms with E-state index in [1.165, 1.54) is 18.4 Å². The van der Waals surface area contributed by atoms with E-state index in [9.17, 15) is 18.0 Å². The fraction of sp³-hybridized carbons (Fsp3) is 0.0588. The molecule has 0 aliphatic carbocycles. The number of benzene rings is 2. The van der Waals surface area contributed by atoms with Gasteiger partial charge in [-0.25, -0.2) is 4.98 Å². The van der Waals surface area contributed by atoms with Crippen LogP contribution in [0.25, 0.3) is 33.0 Å². The van der Waals surface area contributed by atoms with Crippen LogP contribution in [0.5, 0.6) is 0 Å². The summed E-state index contributed by atoms with van der Waals surface area (Å²) >= 11 is 0. The van der Waals surface area contributed by atoms with Crippen molar-refractivity contribution in [2.24, 2.45) is 0 Å². The van der Waals surface area contributed by atoms with Crippen LogP contribution in [-0.2, 0) is 6.18 Å². The topological polar surface area (TPSA) is 43.1 Å². The van der Waals surface area contributed by atoms with Gasteiger partial charge >= 0.3 is 6.18 Å². The highest BCUT2D eigenvalue weighted by atomic mass is 19.4. The Hall–Kier alpha value is -2.89. The van der Waals surface area contributed by atoms with Crippen LogP contribution < -0.4 is 5.56 Å². The Morgan fingerprint density at radius 1 is 1.00 bits per heavy atom. The van der Waals surface area contributed by atoms with E-state index < -0.39 is 17.3 Å². The van der Waals surface area contributed by atoms with Gasteiger partial charge in [-0.3, -0.25) is 4.79 Å². The molecule has 0 N–H and O–H groups in total. The monoisotopic (exact) mass is 315 g/mol. The van der Waals surface area contributed by atoms with Gasteiger partial charge in [-0.2, -0.15) is 13.2 Å². The number of fused-ring (bicyclic) bond motifs is 5. The smallest absolute Gasteiger partial charge is 0.417 e. The van der Waals surface area contributed by atoms with Crippen molar-refractivity contribution in [2.75, 3.05) is 0 Å². The molecule has 0 fully saturated rings. The minimum atomic E-state index is -4.56. The number of hydrogen-bond acceptors (Lipinski definition) is 3. The summed E-state index contributed by atoms with van der Waals surface area (Å²) in [6, 6.07) is 10.3. The molecule has 0 saturated heterocycles. The predicted molar refractivity (Wildman–Crippen MR) is 79.4 cm³/mol. The molecule has 4 rings (SSSR count). The van der Waals surface area contributed by atoms with Gasteiger partial charge in [-0.15, -0.1) is 0 Å². The highest BCUT2D eigenvalue weighted by molar-refractivity contribution is 6.08. The molecule has 23 heavy (non-hydrogen) atoms. The van der Waals surface area contributed by atoms with E-state index >= 15 is 0 Å². The summed E-state index contributed by atoms with van der Waals surface area (Å²) in [7, 11) is 0. The van der Waals surface area contributed by atoms with E-state index in [2.05, 4.69) is 4.98 Å². The van der Waals surface area contributed by atoms with Crippen molar-refractivity contribution in [2.45, 2.75) is 6.18 Å². The molecular formula is C17H8F3NO2. The second kappa shape index (κ2) is 4.55. The van der Waals surface area contributed by atoms with Crippen LogP contribution >= 0.6 is 0 Å². The van der Waals surface area contributed by atoms with Gasteiger partial charge in [-0.05, 0) is 18.2 Å². The van der Waals surface area contributed by atoms with Gasteiger partial charge in [0.2, 0.25) is 0 Å². The van der Waals surface area contributed by atoms with Crippen LogP contribution in [0.4, 0.5) is 13.2 Å². The molecule has 2 aromatic rings. The number of alkyl halides is 3. The fourth-order valence-electron chi connectivity index (χ4n) is 2.83. The summed E-state index contributed by atoms with van der Waals surface area (Å²) in [6.45, 7) is 0. The molecule has 0 aromatic heterocycles. The Labute approximate surface area is 127 Å². The van der Waals surface area contributed by atoms with Crippen LogP contribution in [0.1, 0.15) is 5.56 Å². The van der Waals surface area contributed by atoms with Gasteiger partial charge in [0.1, 0.15) is 11.8 Å². The highest BCUT2D eigenvalue weighted by Crippen LogP contribution is 2.41. The molecule has 2 aliphatic heterocycles.